The Balaban J connectivity index is 2.02. The summed E-state index contributed by atoms with van der Waals surface area (Å²) in [7, 11) is -2.74. The quantitative estimate of drug-likeness (QED) is 0.547. The van der Waals surface area contributed by atoms with Crippen LogP contribution in [0.15, 0.2) is 53.7 Å². The minimum atomic E-state index is -3.94. The lowest BCUT2D eigenvalue weighted by molar-refractivity contribution is -0.143. The molecule has 3 aromatic rings. The van der Waals surface area contributed by atoms with Gasteiger partial charge in [0, 0.05) is 24.2 Å². The molecular weight excluding hydrogens is 446 g/mol. The molecule has 9 nitrogen and oxygen atoms in total. The number of aromatic nitrogens is 2. The Morgan fingerprint density at radius 3 is 2.42 bits per heavy atom. The predicted octanol–water partition coefficient (Wildman–Crippen LogP) is 3.19. The first kappa shape index (κ1) is 24.2. The lowest BCUT2D eigenvalue weighted by Gasteiger charge is -2.22. The van der Waals surface area contributed by atoms with Crippen LogP contribution in [-0.4, -0.2) is 48.2 Å². The summed E-state index contributed by atoms with van der Waals surface area (Å²) in [4.78, 5) is 29.0. The van der Waals surface area contributed by atoms with Gasteiger partial charge in [0.25, 0.3) is 10.0 Å². The molecule has 0 spiro atoms. The van der Waals surface area contributed by atoms with Crippen LogP contribution in [0.3, 0.4) is 0 Å². The summed E-state index contributed by atoms with van der Waals surface area (Å²) in [5, 5.41) is 3.04. The Morgan fingerprint density at radius 2 is 1.82 bits per heavy atom. The summed E-state index contributed by atoms with van der Waals surface area (Å²) >= 11 is 0. The molecule has 0 fully saturated rings. The first-order chi connectivity index (χ1) is 15.4. The SMILES string of the molecule is COC(=O)[C@H](Cc1cn(S(=O)(=O)c2ccc(C)cc2)c2ncccc12)NC(=O)OC(C)(C)C. The molecule has 0 aliphatic heterocycles. The zero-order valence-electron chi connectivity index (χ0n) is 19.2. The Hall–Kier alpha value is -3.40. The lowest BCUT2D eigenvalue weighted by atomic mass is 10.1. The number of hydrogen-bond acceptors (Lipinski definition) is 7. The van der Waals surface area contributed by atoms with Crippen LogP contribution < -0.4 is 5.32 Å². The Morgan fingerprint density at radius 1 is 1.15 bits per heavy atom. The molecule has 0 saturated carbocycles. The summed E-state index contributed by atoms with van der Waals surface area (Å²) in [6, 6.07) is 8.77. The van der Waals surface area contributed by atoms with Crippen molar-refractivity contribution >= 4 is 33.1 Å². The average Bonchev–Trinajstić information content (AvgIpc) is 3.11. The predicted molar refractivity (Wildman–Crippen MR) is 122 cm³/mol. The first-order valence-corrected chi connectivity index (χ1v) is 11.7. The number of nitrogens with zero attached hydrogens (tertiary/aromatic N) is 2. The van der Waals surface area contributed by atoms with Crippen molar-refractivity contribution in [2.24, 2.45) is 0 Å². The van der Waals surface area contributed by atoms with Crippen LogP contribution in [0.2, 0.25) is 0 Å². The van der Waals surface area contributed by atoms with Gasteiger partial charge in [0.2, 0.25) is 0 Å². The summed E-state index contributed by atoms with van der Waals surface area (Å²) in [6.07, 6.45) is 2.10. The standard InChI is InChI=1S/C23H27N3O6S/c1-15-8-10-17(11-9-15)33(29,30)26-14-16(18-7-6-12-24-20(18)26)13-19(21(27)31-5)25-22(28)32-23(2,3)4/h6-12,14,19H,13H2,1-5H3,(H,25,28)/t19-/m0/s1. The molecule has 0 aliphatic rings. The van der Waals surface area contributed by atoms with Gasteiger partial charge in [-0.25, -0.2) is 27.0 Å². The molecule has 3 rings (SSSR count). The number of esters is 1. The summed E-state index contributed by atoms with van der Waals surface area (Å²) < 4.78 is 37.8. The van der Waals surface area contributed by atoms with Gasteiger partial charge in [0.1, 0.15) is 11.6 Å². The minimum Gasteiger partial charge on any atom is -0.467 e. The van der Waals surface area contributed by atoms with E-state index >= 15 is 0 Å². The van der Waals surface area contributed by atoms with E-state index in [1.807, 2.05) is 6.92 Å². The highest BCUT2D eigenvalue weighted by molar-refractivity contribution is 7.90. The molecule has 176 valence electrons. The number of aryl methyl sites for hydroxylation is 1. The smallest absolute Gasteiger partial charge is 0.408 e. The minimum absolute atomic E-state index is 0.0233. The van der Waals surface area contributed by atoms with Crippen molar-refractivity contribution in [3.8, 4) is 0 Å². The van der Waals surface area contributed by atoms with Crippen LogP contribution in [0.25, 0.3) is 11.0 Å². The lowest BCUT2D eigenvalue weighted by Crippen LogP contribution is -2.45. The molecule has 1 N–H and O–H groups in total. The number of hydrogen-bond donors (Lipinski definition) is 1. The number of fused-ring (bicyclic) bond motifs is 1. The van der Waals surface area contributed by atoms with Gasteiger partial charge in [-0.15, -0.1) is 0 Å². The van der Waals surface area contributed by atoms with Crippen molar-refractivity contribution in [1.82, 2.24) is 14.3 Å². The normalized spacial score (nSPS) is 12.9. The Kier molecular flexibility index (Phi) is 6.78. The van der Waals surface area contributed by atoms with Crippen LogP contribution in [0.4, 0.5) is 4.79 Å². The van der Waals surface area contributed by atoms with Gasteiger partial charge in [-0.1, -0.05) is 17.7 Å². The largest absolute Gasteiger partial charge is 0.467 e. The highest BCUT2D eigenvalue weighted by atomic mass is 32.2. The Bertz CT molecular complexity index is 1270. The monoisotopic (exact) mass is 473 g/mol. The summed E-state index contributed by atoms with van der Waals surface area (Å²) in [6.45, 7) is 6.98. The average molecular weight is 474 g/mol. The fourth-order valence-electron chi connectivity index (χ4n) is 3.27. The number of carbonyl (C=O) groups is 2. The number of pyridine rings is 1. The van der Waals surface area contributed by atoms with Gasteiger partial charge in [-0.3, -0.25) is 0 Å². The number of alkyl carbamates (subject to hydrolysis) is 1. The van der Waals surface area contributed by atoms with E-state index in [1.165, 1.54) is 31.6 Å². The fraction of sp³-hybridized carbons (Fsp3) is 0.348. The molecule has 33 heavy (non-hydrogen) atoms. The molecule has 1 atom stereocenters. The van der Waals surface area contributed by atoms with E-state index in [0.717, 1.165) is 9.54 Å². The molecule has 2 heterocycles. The van der Waals surface area contributed by atoms with Gasteiger partial charge >= 0.3 is 12.1 Å². The molecule has 0 bridgehead atoms. The van der Waals surface area contributed by atoms with Crippen LogP contribution in [-0.2, 0) is 30.7 Å². The van der Waals surface area contributed by atoms with Crippen molar-refractivity contribution in [2.45, 2.75) is 50.7 Å². The Labute approximate surface area is 192 Å². The van der Waals surface area contributed by atoms with Crippen LogP contribution in [0.1, 0.15) is 31.9 Å². The first-order valence-electron chi connectivity index (χ1n) is 10.3. The molecule has 10 heteroatoms. The third-order valence-electron chi connectivity index (χ3n) is 4.79. The number of nitrogens with one attached hydrogen (secondary N) is 1. The van der Waals surface area contributed by atoms with Gasteiger partial charge in [-0.05, 0) is 57.5 Å². The molecule has 0 radical (unpaired) electrons. The number of carbonyl (C=O) groups excluding carboxylic acids is 2. The van der Waals surface area contributed by atoms with Gasteiger partial charge in [0.15, 0.2) is 5.65 Å². The van der Waals surface area contributed by atoms with E-state index in [1.54, 1.807) is 45.0 Å². The van der Waals surface area contributed by atoms with Crippen LogP contribution in [0, 0.1) is 6.92 Å². The van der Waals surface area contributed by atoms with Gasteiger partial charge in [-0.2, -0.15) is 0 Å². The van der Waals surface area contributed by atoms with Crippen LogP contribution >= 0.6 is 0 Å². The fourth-order valence-corrected chi connectivity index (χ4v) is 4.62. The van der Waals surface area contributed by atoms with E-state index in [-0.39, 0.29) is 17.0 Å². The summed E-state index contributed by atoms with van der Waals surface area (Å²) in [5.41, 5.74) is 0.890. The number of methoxy groups -OCH3 is 1. The van der Waals surface area contributed by atoms with E-state index in [0.29, 0.717) is 10.9 Å². The zero-order chi connectivity index (χ0) is 24.4. The van der Waals surface area contributed by atoms with Crippen molar-refractivity contribution in [1.29, 1.82) is 0 Å². The number of amides is 1. The number of ether oxygens (including phenoxy) is 2. The van der Waals surface area contributed by atoms with E-state index in [9.17, 15) is 18.0 Å². The second kappa shape index (κ2) is 9.22. The van der Waals surface area contributed by atoms with Gasteiger partial charge in [0.05, 0.1) is 12.0 Å². The molecule has 1 amide bonds. The van der Waals surface area contributed by atoms with E-state index in [2.05, 4.69) is 10.3 Å². The molecule has 0 saturated heterocycles. The van der Waals surface area contributed by atoms with Crippen molar-refractivity contribution < 1.29 is 27.5 Å². The second-order valence-electron chi connectivity index (χ2n) is 8.57. The third kappa shape index (κ3) is 5.51. The topological polar surface area (TPSA) is 117 Å². The van der Waals surface area contributed by atoms with Crippen molar-refractivity contribution in [2.75, 3.05) is 7.11 Å². The summed E-state index contributed by atoms with van der Waals surface area (Å²) in [5.74, 6) is -0.688. The highest BCUT2D eigenvalue weighted by Crippen LogP contribution is 2.26. The maximum absolute atomic E-state index is 13.3. The number of rotatable bonds is 6. The maximum Gasteiger partial charge on any atom is 0.408 e. The third-order valence-corrected chi connectivity index (χ3v) is 6.46. The van der Waals surface area contributed by atoms with Gasteiger partial charge < -0.3 is 14.8 Å². The highest BCUT2D eigenvalue weighted by Gasteiger charge is 2.28. The second-order valence-corrected chi connectivity index (χ2v) is 10.4. The van der Waals surface area contributed by atoms with E-state index < -0.39 is 33.7 Å². The molecule has 0 aliphatic carbocycles. The number of benzene rings is 1. The molecular formula is C23H27N3O6S. The molecule has 2 aromatic heterocycles. The maximum atomic E-state index is 13.3. The van der Waals surface area contributed by atoms with Crippen LogP contribution in [0.5, 0.6) is 0 Å². The zero-order valence-corrected chi connectivity index (χ0v) is 20.0. The van der Waals surface area contributed by atoms with Crippen molar-refractivity contribution in [3.05, 3.63) is 59.9 Å². The molecule has 1 aromatic carbocycles. The van der Waals surface area contributed by atoms with Crippen molar-refractivity contribution in [3.63, 3.8) is 0 Å². The molecule has 0 unspecified atom stereocenters. The van der Waals surface area contributed by atoms with E-state index in [4.69, 9.17) is 9.47 Å².